The zero-order valence-electron chi connectivity index (χ0n) is 14.9. The van der Waals surface area contributed by atoms with E-state index in [1.807, 2.05) is 4.57 Å². The van der Waals surface area contributed by atoms with Crippen LogP contribution < -0.4 is 5.32 Å². The van der Waals surface area contributed by atoms with Crippen molar-refractivity contribution in [1.29, 1.82) is 0 Å². The van der Waals surface area contributed by atoms with Crippen molar-refractivity contribution in [3.05, 3.63) is 29.6 Å². The summed E-state index contributed by atoms with van der Waals surface area (Å²) in [4.78, 5) is 41.8. The Morgan fingerprint density at radius 2 is 2.22 bits per heavy atom. The first-order valence-electron chi connectivity index (χ1n) is 8.78. The van der Waals surface area contributed by atoms with Gasteiger partial charge in [0, 0.05) is 6.61 Å². The molecule has 2 aliphatic heterocycles. The molecule has 2 saturated heterocycles. The largest absolute Gasteiger partial charge is 0.465 e. The van der Waals surface area contributed by atoms with Gasteiger partial charge in [0.05, 0.1) is 49.4 Å². The van der Waals surface area contributed by atoms with E-state index in [0.29, 0.717) is 23.4 Å². The fourth-order valence-electron chi connectivity index (χ4n) is 3.29. The van der Waals surface area contributed by atoms with Crippen LogP contribution in [0.1, 0.15) is 22.6 Å². The number of esters is 1. The van der Waals surface area contributed by atoms with Crippen LogP contribution in [0.15, 0.2) is 18.2 Å². The second kappa shape index (κ2) is 6.99. The molecule has 1 aromatic carbocycles. The van der Waals surface area contributed by atoms with E-state index in [1.54, 1.807) is 18.2 Å². The highest BCUT2D eigenvalue weighted by molar-refractivity contribution is 5.94. The number of methoxy groups -OCH3 is 1. The van der Waals surface area contributed by atoms with Crippen molar-refractivity contribution in [3.8, 4) is 0 Å². The van der Waals surface area contributed by atoms with E-state index in [4.69, 9.17) is 9.47 Å². The van der Waals surface area contributed by atoms with Crippen LogP contribution in [-0.4, -0.2) is 65.1 Å². The SMILES string of the molecule is COC(=O)c1ccc2nc(CN3CC(=O)NCC3=O)n(CC3CCO3)c2c1. The second-order valence-electron chi connectivity index (χ2n) is 6.64. The summed E-state index contributed by atoms with van der Waals surface area (Å²) < 4.78 is 12.3. The zero-order chi connectivity index (χ0) is 19.0. The highest BCUT2D eigenvalue weighted by atomic mass is 16.5. The number of rotatable bonds is 5. The van der Waals surface area contributed by atoms with E-state index < -0.39 is 5.97 Å². The molecule has 1 unspecified atom stereocenters. The number of carbonyl (C=O) groups excluding carboxylic acids is 3. The van der Waals surface area contributed by atoms with Crippen molar-refractivity contribution in [2.45, 2.75) is 25.6 Å². The normalized spacial score (nSPS) is 19.7. The van der Waals surface area contributed by atoms with Crippen molar-refractivity contribution in [3.63, 3.8) is 0 Å². The number of hydrogen-bond donors (Lipinski definition) is 1. The monoisotopic (exact) mass is 372 g/mol. The molecule has 3 heterocycles. The molecule has 0 spiro atoms. The topological polar surface area (TPSA) is 103 Å². The van der Waals surface area contributed by atoms with Crippen molar-refractivity contribution < 1.29 is 23.9 Å². The summed E-state index contributed by atoms with van der Waals surface area (Å²) in [5.41, 5.74) is 1.92. The Hall–Kier alpha value is -2.94. The molecular weight excluding hydrogens is 352 g/mol. The van der Waals surface area contributed by atoms with Crippen LogP contribution in [0, 0.1) is 0 Å². The molecule has 2 amide bonds. The van der Waals surface area contributed by atoms with Crippen LogP contribution in [0.25, 0.3) is 11.0 Å². The van der Waals surface area contributed by atoms with Gasteiger partial charge in [-0.05, 0) is 24.6 Å². The molecule has 2 fully saturated rings. The van der Waals surface area contributed by atoms with Gasteiger partial charge in [-0.1, -0.05) is 0 Å². The van der Waals surface area contributed by atoms with Gasteiger partial charge in [0.1, 0.15) is 12.4 Å². The van der Waals surface area contributed by atoms with Crippen molar-refractivity contribution in [1.82, 2.24) is 19.8 Å². The molecule has 2 aliphatic rings. The highest BCUT2D eigenvalue weighted by Gasteiger charge is 2.27. The summed E-state index contributed by atoms with van der Waals surface area (Å²) in [6.07, 6.45) is 1.02. The molecule has 0 saturated carbocycles. The summed E-state index contributed by atoms with van der Waals surface area (Å²) in [5, 5.41) is 2.54. The third-order valence-corrected chi connectivity index (χ3v) is 4.88. The van der Waals surface area contributed by atoms with Crippen LogP contribution >= 0.6 is 0 Å². The maximum Gasteiger partial charge on any atom is 0.337 e. The van der Waals surface area contributed by atoms with Crippen LogP contribution in [0.2, 0.25) is 0 Å². The van der Waals surface area contributed by atoms with E-state index in [2.05, 4.69) is 10.3 Å². The number of ether oxygens (including phenoxy) is 2. The summed E-state index contributed by atoms with van der Waals surface area (Å²) in [5.74, 6) is -0.101. The lowest BCUT2D eigenvalue weighted by molar-refractivity contribution is -0.141. The van der Waals surface area contributed by atoms with E-state index >= 15 is 0 Å². The average Bonchev–Trinajstić information content (AvgIpc) is 2.96. The molecule has 0 aliphatic carbocycles. The number of imidazole rings is 1. The number of amides is 2. The predicted octanol–water partition coefficient (Wildman–Crippen LogP) is 0.0702. The van der Waals surface area contributed by atoms with E-state index in [0.717, 1.165) is 18.5 Å². The molecule has 9 nitrogen and oxygen atoms in total. The molecule has 0 radical (unpaired) electrons. The maximum absolute atomic E-state index is 12.1. The number of aromatic nitrogens is 2. The Morgan fingerprint density at radius 3 is 2.93 bits per heavy atom. The number of piperazine rings is 1. The number of hydrogen-bond acceptors (Lipinski definition) is 6. The first-order chi connectivity index (χ1) is 13.0. The maximum atomic E-state index is 12.1. The molecule has 1 aromatic heterocycles. The predicted molar refractivity (Wildman–Crippen MR) is 93.9 cm³/mol. The molecule has 1 atom stereocenters. The summed E-state index contributed by atoms with van der Waals surface area (Å²) in [6.45, 7) is 1.53. The number of nitrogens with zero attached hydrogens (tertiary/aromatic N) is 3. The van der Waals surface area contributed by atoms with Crippen LogP contribution in [-0.2, 0) is 32.2 Å². The van der Waals surface area contributed by atoms with Crippen molar-refractivity contribution >= 4 is 28.8 Å². The van der Waals surface area contributed by atoms with E-state index in [9.17, 15) is 14.4 Å². The third-order valence-electron chi connectivity index (χ3n) is 4.88. The summed E-state index contributed by atoms with van der Waals surface area (Å²) >= 11 is 0. The average molecular weight is 372 g/mol. The lowest BCUT2D eigenvalue weighted by Crippen LogP contribution is -2.51. The van der Waals surface area contributed by atoms with E-state index in [-0.39, 0.29) is 37.6 Å². The van der Waals surface area contributed by atoms with Gasteiger partial charge in [0.15, 0.2) is 0 Å². The van der Waals surface area contributed by atoms with Crippen LogP contribution in [0.4, 0.5) is 0 Å². The van der Waals surface area contributed by atoms with Gasteiger partial charge >= 0.3 is 5.97 Å². The summed E-state index contributed by atoms with van der Waals surface area (Å²) in [7, 11) is 1.34. The Labute approximate surface area is 155 Å². The molecule has 9 heteroatoms. The Morgan fingerprint density at radius 1 is 1.41 bits per heavy atom. The smallest absolute Gasteiger partial charge is 0.337 e. The minimum atomic E-state index is -0.422. The standard InChI is InChI=1S/C18H20N4O5/c1-26-18(25)11-2-3-13-14(6-11)22(8-12-4-5-27-12)15(20-13)9-21-10-16(23)19-7-17(21)24/h2-3,6,12H,4-5,7-10H2,1H3,(H,19,23). The fraction of sp³-hybridized carbons (Fsp3) is 0.444. The van der Waals surface area contributed by atoms with E-state index in [1.165, 1.54) is 12.0 Å². The van der Waals surface area contributed by atoms with Gasteiger partial charge in [-0.2, -0.15) is 0 Å². The zero-order valence-corrected chi connectivity index (χ0v) is 14.9. The highest BCUT2D eigenvalue weighted by Crippen LogP contribution is 2.23. The van der Waals surface area contributed by atoms with Gasteiger partial charge in [0.25, 0.3) is 0 Å². The van der Waals surface area contributed by atoms with Gasteiger partial charge in [-0.25, -0.2) is 9.78 Å². The first-order valence-corrected chi connectivity index (χ1v) is 8.78. The Bertz CT molecular complexity index is 918. The first kappa shape index (κ1) is 17.5. The van der Waals surface area contributed by atoms with Gasteiger partial charge in [-0.15, -0.1) is 0 Å². The lowest BCUT2D eigenvalue weighted by Gasteiger charge is -2.29. The third kappa shape index (κ3) is 3.37. The number of benzene rings is 1. The summed E-state index contributed by atoms with van der Waals surface area (Å²) in [6, 6.07) is 5.16. The molecule has 27 heavy (non-hydrogen) atoms. The molecule has 2 aromatic rings. The lowest BCUT2D eigenvalue weighted by atomic mass is 10.1. The molecule has 1 N–H and O–H groups in total. The van der Waals surface area contributed by atoms with Crippen LogP contribution in [0.3, 0.4) is 0 Å². The minimum absolute atomic E-state index is 0.00269. The number of fused-ring (bicyclic) bond motifs is 1. The molecule has 0 bridgehead atoms. The van der Waals surface area contributed by atoms with Gasteiger partial charge < -0.3 is 24.3 Å². The minimum Gasteiger partial charge on any atom is -0.465 e. The second-order valence-corrected chi connectivity index (χ2v) is 6.64. The number of nitrogens with one attached hydrogen (secondary N) is 1. The molecular formula is C18H20N4O5. The molecule has 4 rings (SSSR count). The number of carbonyl (C=O) groups is 3. The van der Waals surface area contributed by atoms with Crippen molar-refractivity contribution in [2.75, 3.05) is 26.8 Å². The fourth-order valence-corrected chi connectivity index (χ4v) is 3.29. The van der Waals surface area contributed by atoms with Crippen molar-refractivity contribution in [2.24, 2.45) is 0 Å². The van der Waals surface area contributed by atoms with Gasteiger partial charge in [-0.3, -0.25) is 9.59 Å². The Kier molecular flexibility index (Phi) is 4.53. The molecule has 142 valence electrons. The van der Waals surface area contributed by atoms with Crippen LogP contribution in [0.5, 0.6) is 0 Å². The quantitative estimate of drug-likeness (QED) is 0.745. The van der Waals surface area contributed by atoms with Gasteiger partial charge in [0.2, 0.25) is 11.8 Å². The Balaban J connectivity index is 1.71.